The minimum absolute atomic E-state index is 0.0622. The van der Waals surface area contributed by atoms with Gasteiger partial charge in [0.05, 0.1) is 19.0 Å². The Bertz CT molecular complexity index is 836. The molecule has 1 unspecified atom stereocenters. The molecule has 0 bridgehead atoms. The number of ether oxygens (including phenoxy) is 2. The zero-order valence-electron chi connectivity index (χ0n) is 19.3. The van der Waals surface area contributed by atoms with E-state index in [0.29, 0.717) is 32.0 Å². The molecule has 0 saturated heterocycles. The summed E-state index contributed by atoms with van der Waals surface area (Å²) >= 11 is 0. The molecule has 0 heterocycles. The first-order valence-corrected chi connectivity index (χ1v) is 11.1. The summed E-state index contributed by atoms with van der Waals surface area (Å²) in [6.07, 6.45) is 0.383. The number of hydrogen-bond acceptors (Lipinski definition) is 5. The van der Waals surface area contributed by atoms with E-state index in [1.165, 1.54) is 0 Å². The van der Waals surface area contributed by atoms with Crippen molar-refractivity contribution in [3.05, 3.63) is 65.7 Å². The Labute approximate surface area is 190 Å². The maximum Gasteiger partial charge on any atom is 0.241 e. The van der Waals surface area contributed by atoms with Crippen LogP contribution >= 0.6 is 0 Å². The van der Waals surface area contributed by atoms with E-state index in [1.807, 2.05) is 62.4 Å². The Hall–Kier alpha value is -2.74. The fourth-order valence-corrected chi connectivity index (χ4v) is 3.25. The van der Waals surface area contributed by atoms with Crippen molar-refractivity contribution in [2.24, 2.45) is 5.73 Å². The largest absolute Gasteiger partial charge is 0.351 e. The highest BCUT2D eigenvalue weighted by molar-refractivity contribution is 5.95. The summed E-state index contributed by atoms with van der Waals surface area (Å²) in [5.74, 6) is -0.355. The number of rotatable bonds is 13. The zero-order valence-corrected chi connectivity index (χ0v) is 19.3. The first kappa shape index (κ1) is 25.5. The molecule has 0 aromatic heterocycles. The first-order chi connectivity index (χ1) is 15.4. The van der Waals surface area contributed by atoms with E-state index in [9.17, 15) is 9.59 Å². The van der Waals surface area contributed by atoms with Crippen LogP contribution in [0.2, 0.25) is 0 Å². The molecule has 0 aliphatic heterocycles. The molecule has 3 N–H and O–H groups in total. The summed E-state index contributed by atoms with van der Waals surface area (Å²) < 4.78 is 11.4. The molecule has 0 fully saturated rings. The Morgan fingerprint density at radius 2 is 1.62 bits per heavy atom. The Morgan fingerprint density at radius 1 is 1.00 bits per heavy atom. The summed E-state index contributed by atoms with van der Waals surface area (Å²) in [7, 11) is 0. The van der Waals surface area contributed by atoms with Crippen LogP contribution in [0.1, 0.15) is 31.9 Å². The monoisotopic (exact) mass is 441 g/mol. The van der Waals surface area contributed by atoms with Crippen LogP contribution in [0, 0.1) is 0 Å². The van der Waals surface area contributed by atoms with Crippen LogP contribution in [-0.2, 0) is 31.9 Å². The standard InChI is InChI=1S/C25H35N3O4/c1-4-31-24(32-5-2)18-28(16-15-20-11-7-6-8-12-20)23(29)17-21-13-9-10-14-22(21)27-25(30)19(3)26/h6-14,19,24H,4-5,15-18,26H2,1-3H3,(H,27,30). The number of para-hydroxylation sites is 1. The fraction of sp³-hybridized carbons (Fsp3) is 0.440. The highest BCUT2D eigenvalue weighted by atomic mass is 16.7. The zero-order chi connectivity index (χ0) is 23.3. The first-order valence-electron chi connectivity index (χ1n) is 11.1. The quantitative estimate of drug-likeness (QED) is 0.466. The Morgan fingerprint density at radius 3 is 2.25 bits per heavy atom. The molecule has 0 aliphatic rings. The number of nitrogens with one attached hydrogen (secondary N) is 1. The van der Waals surface area contributed by atoms with Gasteiger partial charge >= 0.3 is 0 Å². The van der Waals surface area contributed by atoms with Crippen LogP contribution in [0.25, 0.3) is 0 Å². The second-order valence-corrected chi connectivity index (χ2v) is 7.53. The molecular weight excluding hydrogens is 406 g/mol. The summed E-state index contributed by atoms with van der Waals surface area (Å²) in [6.45, 7) is 7.29. The van der Waals surface area contributed by atoms with E-state index in [4.69, 9.17) is 15.2 Å². The van der Waals surface area contributed by atoms with Gasteiger partial charge in [0.1, 0.15) is 0 Å². The van der Waals surface area contributed by atoms with Crippen molar-refractivity contribution >= 4 is 17.5 Å². The highest BCUT2D eigenvalue weighted by Gasteiger charge is 2.21. The van der Waals surface area contributed by atoms with Crippen LogP contribution in [0.5, 0.6) is 0 Å². The van der Waals surface area contributed by atoms with E-state index >= 15 is 0 Å². The number of carbonyl (C=O) groups excluding carboxylic acids is 2. The van der Waals surface area contributed by atoms with Crippen molar-refractivity contribution in [2.45, 2.75) is 45.9 Å². The minimum atomic E-state index is -0.640. The van der Waals surface area contributed by atoms with E-state index < -0.39 is 12.3 Å². The number of amides is 2. The second-order valence-electron chi connectivity index (χ2n) is 7.53. The number of carbonyl (C=O) groups is 2. The lowest BCUT2D eigenvalue weighted by Crippen LogP contribution is -2.42. The molecule has 2 aromatic rings. The summed E-state index contributed by atoms with van der Waals surface area (Å²) in [4.78, 5) is 27.2. The van der Waals surface area contributed by atoms with Gasteiger partial charge in [-0.3, -0.25) is 9.59 Å². The lowest BCUT2D eigenvalue weighted by molar-refractivity contribution is -0.158. The number of anilines is 1. The number of benzene rings is 2. The minimum Gasteiger partial charge on any atom is -0.351 e. The molecule has 174 valence electrons. The van der Waals surface area contributed by atoms with Gasteiger partial charge in [0, 0.05) is 25.4 Å². The summed E-state index contributed by atoms with van der Waals surface area (Å²) in [5.41, 5.74) is 8.16. The topological polar surface area (TPSA) is 93.9 Å². The number of nitrogens with two attached hydrogens (primary N) is 1. The molecule has 0 saturated carbocycles. The second kappa shape index (κ2) is 13.6. The van der Waals surface area contributed by atoms with Gasteiger partial charge in [0.15, 0.2) is 6.29 Å². The third-order valence-electron chi connectivity index (χ3n) is 4.97. The summed E-state index contributed by atoms with van der Waals surface area (Å²) in [5, 5.41) is 2.81. The van der Waals surface area contributed by atoms with Crippen LogP contribution in [-0.4, -0.2) is 55.3 Å². The van der Waals surface area contributed by atoms with Crippen molar-refractivity contribution in [1.29, 1.82) is 0 Å². The third-order valence-corrected chi connectivity index (χ3v) is 4.97. The molecule has 7 heteroatoms. The van der Waals surface area contributed by atoms with Gasteiger partial charge in [-0.25, -0.2) is 0 Å². The summed E-state index contributed by atoms with van der Waals surface area (Å²) in [6, 6.07) is 16.7. The number of nitrogens with zero attached hydrogens (tertiary/aromatic N) is 1. The molecule has 0 radical (unpaired) electrons. The maximum atomic E-state index is 13.3. The van der Waals surface area contributed by atoms with E-state index in [0.717, 1.165) is 17.5 Å². The van der Waals surface area contributed by atoms with Gasteiger partial charge in [0.25, 0.3) is 0 Å². The molecule has 2 aromatic carbocycles. The molecule has 32 heavy (non-hydrogen) atoms. The predicted molar refractivity (Wildman–Crippen MR) is 126 cm³/mol. The third kappa shape index (κ3) is 8.42. The molecule has 1 atom stereocenters. The number of hydrogen-bond donors (Lipinski definition) is 2. The van der Waals surface area contributed by atoms with E-state index in [-0.39, 0.29) is 18.2 Å². The van der Waals surface area contributed by atoms with Gasteiger partial charge in [-0.1, -0.05) is 48.5 Å². The average Bonchev–Trinajstić information content (AvgIpc) is 2.78. The van der Waals surface area contributed by atoms with Gasteiger partial charge in [0.2, 0.25) is 11.8 Å². The van der Waals surface area contributed by atoms with Crippen LogP contribution in [0.3, 0.4) is 0 Å². The van der Waals surface area contributed by atoms with Crippen LogP contribution in [0.4, 0.5) is 5.69 Å². The molecule has 0 aliphatic carbocycles. The molecule has 7 nitrogen and oxygen atoms in total. The SMILES string of the molecule is CCOC(CN(CCc1ccccc1)C(=O)Cc1ccccc1NC(=O)C(C)N)OCC. The van der Waals surface area contributed by atoms with Gasteiger partial charge in [-0.15, -0.1) is 0 Å². The highest BCUT2D eigenvalue weighted by Crippen LogP contribution is 2.18. The van der Waals surface area contributed by atoms with Gasteiger partial charge < -0.3 is 25.4 Å². The lowest BCUT2D eigenvalue weighted by Gasteiger charge is -2.28. The average molecular weight is 442 g/mol. The van der Waals surface area contributed by atoms with E-state index in [2.05, 4.69) is 5.32 Å². The Balaban J connectivity index is 2.16. The van der Waals surface area contributed by atoms with Crippen molar-refractivity contribution in [1.82, 2.24) is 4.90 Å². The van der Waals surface area contributed by atoms with Crippen molar-refractivity contribution in [3.8, 4) is 0 Å². The lowest BCUT2D eigenvalue weighted by atomic mass is 10.1. The fourth-order valence-electron chi connectivity index (χ4n) is 3.25. The van der Waals surface area contributed by atoms with Gasteiger partial charge in [-0.2, -0.15) is 0 Å². The van der Waals surface area contributed by atoms with Crippen molar-refractivity contribution < 1.29 is 19.1 Å². The molecule has 2 amide bonds. The smallest absolute Gasteiger partial charge is 0.241 e. The molecule has 0 spiro atoms. The maximum absolute atomic E-state index is 13.3. The molecule has 2 rings (SSSR count). The predicted octanol–water partition coefficient (Wildman–Crippen LogP) is 2.99. The Kier molecular flexibility index (Phi) is 10.9. The van der Waals surface area contributed by atoms with Crippen LogP contribution in [0.15, 0.2) is 54.6 Å². The van der Waals surface area contributed by atoms with Crippen LogP contribution < -0.4 is 11.1 Å². The van der Waals surface area contributed by atoms with Crippen molar-refractivity contribution in [3.63, 3.8) is 0 Å². The molecular formula is C25H35N3O4. The normalized spacial score (nSPS) is 11.9. The van der Waals surface area contributed by atoms with E-state index in [1.54, 1.807) is 17.9 Å². The van der Waals surface area contributed by atoms with Crippen molar-refractivity contribution in [2.75, 3.05) is 31.6 Å². The van der Waals surface area contributed by atoms with Gasteiger partial charge in [-0.05, 0) is 44.4 Å².